The highest BCUT2D eigenvalue weighted by Crippen LogP contribution is 2.29. The molecule has 7 nitrogen and oxygen atoms in total. The van der Waals surface area contributed by atoms with E-state index >= 15 is 0 Å². The van der Waals surface area contributed by atoms with Crippen LogP contribution in [-0.2, 0) is 16.1 Å². The van der Waals surface area contributed by atoms with Crippen LogP contribution in [0.15, 0.2) is 22.7 Å². The Balaban J connectivity index is 1.99. The number of carbonyl (C=O) groups is 1. The predicted molar refractivity (Wildman–Crippen MR) is 94.7 cm³/mol. The van der Waals surface area contributed by atoms with Gasteiger partial charge in [0, 0.05) is 0 Å². The molecule has 1 heterocycles. The van der Waals surface area contributed by atoms with Crippen LogP contribution in [0.1, 0.15) is 41.2 Å². The van der Waals surface area contributed by atoms with Crippen LogP contribution < -0.4 is 9.47 Å². The SMILES string of the molecule is COc1cc(C(=O)OCCOC(C)C)ccc1OCc1c(C)noc1C. The second-order valence-corrected chi connectivity index (χ2v) is 6.01. The van der Waals surface area contributed by atoms with Crippen molar-refractivity contribution >= 4 is 5.97 Å². The number of rotatable bonds is 9. The molecule has 0 N–H and O–H groups in total. The summed E-state index contributed by atoms with van der Waals surface area (Å²) < 4.78 is 26.8. The average Bonchev–Trinajstić information content (AvgIpc) is 2.94. The number of esters is 1. The van der Waals surface area contributed by atoms with Crippen LogP contribution in [0.2, 0.25) is 0 Å². The van der Waals surface area contributed by atoms with E-state index in [1.54, 1.807) is 18.2 Å². The van der Waals surface area contributed by atoms with Gasteiger partial charge in [-0.05, 0) is 45.9 Å². The molecule has 0 saturated carbocycles. The fourth-order valence-corrected chi connectivity index (χ4v) is 2.27. The van der Waals surface area contributed by atoms with Crippen LogP contribution in [0.25, 0.3) is 0 Å². The van der Waals surface area contributed by atoms with E-state index < -0.39 is 5.97 Å². The van der Waals surface area contributed by atoms with E-state index in [2.05, 4.69) is 5.16 Å². The van der Waals surface area contributed by atoms with Crippen molar-refractivity contribution in [1.82, 2.24) is 5.16 Å². The molecule has 0 aliphatic heterocycles. The molecular weight excluding hydrogens is 338 g/mol. The quantitative estimate of drug-likeness (QED) is 0.498. The lowest BCUT2D eigenvalue weighted by atomic mass is 10.2. The fourth-order valence-electron chi connectivity index (χ4n) is 2.27. The van der Waals surface area contributed by atoms with Gasteiger partial charge in [0.15, 0.2) is 11.5 Å². The molecular formula is C19H25NO6. The van der Waals surface area contributed by atoms with Gasteiger partial charge in [0.2, 0.25) is 0 Å². The zero-order valence-electron chi connectivity index (χ0n) is 15.8. The molecule has 1 aromatic carbocycles. The maximum absolute atomic E-state index is 12.1. The summed E-state index contributed by atoms with van der Waals surface area (Å²) in [7, 11) is 1.52. The molecule has 1 aromatic heterocycles. The van der Waals surface area contributed by atoms with Crippen molar-refractivity contribution in [3.63, 3.8) is 0 Å². The van der Waals surface area contributed by atoms with E-state index in [4.69, 9.17) is 23.5 Å². The van der Waals surface area contributed by atoms with Gasteiger partial charge in [-0.2, -0.15) is 0 Å². The summed E-state index contributed by atoms with van der Waals surface area (Å²) in [6, 6.07) is 4.91. The first kappa shape index (κ1) is 19.8. The van der Waals surface area contributed by atoms with Crippen molar-refractivity contribution in [2.45, 2.75) is 40.4 Å². The summed E-state index contributed by atoms with van der Waals surface area (Å²) in [6.07, 6.45) is 0.0999. The van der Waals surface area contributed by atoms with Crippen molar-refractivity contribution in [2.75, 3.05) is 20.3 Å². The molecule has 0 aliphatic carbocycles. The van der Waals surface area contributed by atoms with Crippen molar-refractivity contribution < 1.29 is 28.3 Å². The number of hydrogen-bond acceptors (Lipinski definition) is 7. The third kappa shape index (κ3) is 5.23. The number of benzene rings is 1. The zero-order chi connectivity index (χ0) is 19.1. The molecule has 26 heavy (non-hydrogen) atoms. The topological polar surface area (TPSA) is 80.0 Å². The van der Waals surface area contributed by atoms with Crippen molar-refractivity contribution in [2.24, 2.45) is 0 Å². The van der Waals surface area contributed by atoms with E-state index in [1.807, 2.05) is 27.7 Å². The van der Waals surface area contributed by atoms with Gasteiger partial charge in [-0.15, -0.1) is 0 Å². The summed E-state index contributed by atoms with van der Waals surface area (Å²) in [6.45, 7) is 8.39. The molecule has 7 heteroatoms. The molecule has 0 aliphatic rings. The molecule has 2 aromatic rings. The molecule has 0 spiro atoms. The second-order valence-electron chi connectivity index (χ2n) is 6.01. The molecule has 0 bridgehead atoms. The number of nitrogens with zero attached hydrogens (tertiary/aromatic N) is 1. The molecule has 0 atom stereocenters. The maximum Gasteiger partial charge on any atom is 0.338 e. The minimum absolute atomic E-state index is 0.0999. The number of carbonyl (C=O) groups excluding carboxylic acids is 1. The highest BCUT2D eigenvalue weighted by Gasteiger charge is 2.15. The Bertz CT molecular complexity index is 718. The van der Waals surface area contributed by atoms with Crippen LogP contribution in [0.5, 0.6) is 11.5 Å². The number of aromatic nitrogens is 1. The Morgan fingerprint density at radius 1 is 1.19 bits per heavy atom. The van der Waals surface area contributed by atoms with Crippen molar-refractivity contribution in [1.29, 1.82) is 0 Å². The van der Waals surface area contributed by atoms with Gasteiger partial charge in [-0.25, -0.2) is 4.79 Å². The average molecular weight is 363 g/mol. The summed E-state index contributed by atoms with van der Waals surface area (Å²) in [4.78, 5) is 12.1. The summed E-state index contributed by atoms with van der Waals surface area (Å²) in [5.74, 6) is 1.25. The van der Waals surface area contributed by atoms with Gasteiger partial charge in [0.1, 0.15) is 19.0 Å². The molecule has 0 saturated heterocycles. The highest BCUT2D eigenvalue weighted by molar-refractivity contribution is 5.90. The first-order chi connectivity index (χ1) is 12.4. The standard InChI is InChI=1S/C19H25NO6/c1-12(2)23-8-9-24-19(21)15-6-7-17(18(10-15)22-5)25-11-16-13(3)20-26-14(16)4/h6-7,10,12H,8-9,11H2,1-5H3. The van der Waals surface area contributed by atoms with Gasteiger partial charge in [-0.3, -0.25) is 0 Å². The van der Waals surface area contributed by atoms with Crippen molar-refractivity contribution in [3.8, 4) is 11.5 Å². The molecule has 0 unspecified atom stereocenters. The third-order valence-electron chi connectivity index (χ3n) is 3.72. The van der Waals surface area contributed by atoms with Gasteiger partial charge < -0.3 is 23.5 Å². The zero-order valence-corrected chi connectivity index (χ0v) is 15.8. The molecule has 0 amide bonds. The first-order valence-corrected chi connectivity index (χ1v) is 8.43. The van der Waals surface area contributed by atoms with E-state index in [-0.39, 0.29) is 12.7 Å². The van der Waals surface area contributed by atoms with E-state index in [0.29, 0.717) is 36.0 Å². The van der Waals surface area contributed by atoms with Crippen LogP contribution in [-0.4, -0.2) is 37.6 Å². The van der Waals surface area contributed by atoms with Crippen LogP contribution in [0, 0.1) is 13.8 Å². The number of aryl methyl sites for hydroxylation is 2. The lowest BCUT2D eigenvalue weighted by Gasteiger charge is -2.12. The Morgan fingerprint density at radius 2 is 1.96 bits per heavy atom. The highest BCUT2D eigenvalue weighted by atomic mass is 16.6. The minimum atomic E-state index is -0.437. The van der Waals surface area contributed by atoms with Gasteiger partial charge in [0.05, 0.1) is 36.6 Å². The van der Waals surface area contributed by atoms with E-state index in [9.17, 15) is 4.79 Å². The Morgan fingerprint density at radius 3 is 2.58 bits per heavy atom. The van der Waals surface area contributed by atoms with Crippen LogP contribution in [0.3, 0.4) is 0 Å². The maximum atomic E-state index is 12.1. The van der Waals surface area contributed by atoms with Crippen molar-refractivity contribution in [3.05, 3.63) is 40.8 Å². The number of ether oxygens (including phenoxy) is 4. The van der Waals surface area contributed by atoms with Gasteiger partial charge >= 0.3 is 5.97 Å². The Kier molecular flexibility index (Phi) is 7.03. The monoisotopic (exact) mass is 363 g/mol. The van der Waals surface area contributed by atoms with Crippen LogP contribution in [0.4, 0.5) is 0 Å². The molecule has 0 radical (unpaired) electrons. The summed E-state index contributed by atoms with van der Waals surface area (Å²) >= 11 is 0. The minimum Gasteiger partial charge on any atom is -0.493 e. The lowest BCUT2D eigenvalue weighted by Crippen LogP contribution is -2.13. The second kappa shape index (κ2) is 9.24. The third-order valence-corrected chi connectivity index (χ3v) is 3.72. The first-order valence-electron chi connectivity index (χ1n) is 8.43. The normalized spacial score (nSPS) is 10.8. The smallest absolute Gasteiger partial charge is 0.338 e. The fraction of sp³-hybridized carbons (Fsp3) is 0.474. The molecule has 142 valence electrons. The Hall–Kier alpha value is -2.54. The lowest BCUT2D eigenvalue weighted by molar-refractivity contribution is 0.0176. The number of hydrogen-bond donors (Lipinski definition) is 0. The largest absolute Gasteiger partial charge is 0.493 e. The summed E-state index contributed by atoms with van der Waals surface area (Å²) in [5, 5.41) is 3.90. The van der Waals surface area contributed by atoms with E-state index in [1.165, 1.54) is 7.11 Å². The van der Waals surface area contributed by atoms with Crippen LogP contribution >= 0.6 is 0 Å². The van der Waals surface area contributed by atoms with Gasteiger partial charge in [0.25, 0.3) is 0 Å². The predicted octanol–water partition coefficient (Wildman–Crippen LogP) is 3.46. The number of methoxy groups -OCH3 is 1. The van der Waals surface area contributed by atoms with E-state index in [0.717, 1.165) is 11.3 Å². The molecule has 2 rings (SSSR count). The summed E-state index contributed by atoms with van der Waals surface area (Å²) in [5.41, 5.74) is 2.06. The van der Waals surface area contributed by atoms with Gasteiger partial charge in [-0.1, -0.05) is 5.16 Å². The molecule has 0 fully saturated rings. The Labute approximate surface area is 153 Å².